The highest BCUT2D eigenvalue weighted by Gasteiger charge is 2.11. The van der Waals surface area contributed by atoms with E-state index in [-0.39, 0.29) is 6.61 Å². The summed E-state index contributed by atoms with van der Waals surface area (Å²) in [6.07, 6.45) is 5.78. The second-order valence-electron chi connectivity index (χ2n) is 4.74. The Morgan fingerprint density at radius 3 is 2.88 bits per heavy atom. The molecule has 0 spiro atoms. The highest BCUT2D eigenvalue weighted by atomic mass is 16.3. The average molecular weight is 227 g/mol. The quantitative estimate of drug-likeness (QED) is 0.856. The van der Waals surface area contributed by atoms with Crippen LogP contribution in [-0.4, -0.2) is 9.67 Å². The first-order valence-corrected chi connectivity index (χ1v) is 6.22. The lowest BCUT2D eigenvalue weighted by Crippen LogP contribution is -2.03. The minimum atomic E-state index is 0.109. The molecule has 1 aliphatic rings. The van der Waals surface area contributed by atoms with Gasteiger partial charge < -0.3 is 9.67 Å². The number of aliphatic hydroxyl groups excluding tert-OH is 1. The molecule has 0 radical (unpaired) electrons. The Hall–Kier alpha value is -1.54. The van der Waals surface area contributed by atoms with Crippen LogP contribution in [0.2, 0.25) is 0 Å². The van der Waals surface area contributed by atoms with Gasteiger partial charge >= 0.3 is 0 Å². The molecule has 1 aromatic heterocycles. The number of nitrogens with zero attached hydrogens (tertiary/aromatic N) is 1. The Labute approximate surface area is 102 Å². The summed E-state index contributed by atoms with van der Waals surface area (Å²) in [5.74, 6) is 0. The summed E-state index contributed by atoms with van der Waals surface area (Å²) in [6, 6.07) is 10.8. The van der Waals surface area contributed by atoms with Crippen molar-refractivity contribution in [2.75, 3.05) is 0 Å². The monoisotopic (exact) mass is 227 g/mol. The van der Waals surface area contributed by atoms with Crippen LogP contribution in [0.1, 0.15) is 28.8 Å². The minimum absolute atomic E-state index is 0.109. The first kappa shape index (κ1) is 10.6. The Morgan fingerprint density at radius 1 is 1.12 bits per heavy atom. The van der Waals surface area contributed by atoms with Crippen molar-refractivity contribution in [3.63, 3.8) is 0 Å². The van der Waals surface area contributed by atoms with Crippen molar-refractivity contribution in [1.29, 1.82) is 0 Å². The van der Waals surface area contributed by atoms with E-state index < -0.39 is 0 Å². The standard InChI is InChI=1S/C15H17NO/c17-11-15-5-2-8-16(15)10-12-6-7-13-3-1-4-14(13)9-12/h2,5-9,17H,1,3-4,10-11H2. The second-order valence-corrected chi connectivity index (χ2v) is 4.74. The number of aryl methyl sites for hydroxylation is 2. The summed E-state index contributed by atoms with van der Waals surface area (Å²) >= 11 is 0. The van der Waals surface area contributed by atoms with Crippen molar-refractivity contribution in [3.05, 3.63) is 58.9 Å². The van der Waals surface area contributed by atoms with Crippen molar-refractivity contribution in [3.8, 4) is 0 Å². The van der Waals surface area contributed by atoms with Gasteiger partial charge in [0.1, 0.15) is 0 Å². The van der Waals surface area contributed by atoms with Crippen LogP contribution in [0.15, 0.2) is 36.5 Å². The van der Waals surface area contributed by atoms with Crippen LogP contribution >= 0.6 is 0 Å². The SMILES string of the molecule is OCc1cccn1Cc1ccc2c(c1)CCC2. The van der Waals surface area contributed by atoms with Crippen LogP contribution in [-0.2, 0) is 26.0 Å². The fourth-order valence-corrected chi connectivity index (χ4v) is 2.67. The van der Waals surface area contributed by atoms with Gasteiger partial charge in [0.25, 0.3) is 0 Å². The molecular formula is C15H17NO. The van der Waals surface area contributed by atoms with Gasteiger partial charge in [-0.1, -0.05) is 18.2 Å². The van der Waals surface area contributed by atoms with Crippen LogP contribution in [0.5, 0.6) is 0 Å². The van der Waals surface area contributed by atoms with Gasteiger partial charge in [-0.25, -0.2) is 0 Å². The van der Waals surface area contributed by atoms with Crippen molar-refractivity contribution in [2.45, 2.75) is 32.4 Å². The van der Waals surface area contributed by atoms with E-state index in [9.17, 15) is 5.11 Å². The second kappa shape index (κ2) is 4.38. The van der Waals surface area contributed by atoms with Gasteiger partial charge in [-0.05, 0) is 48.1 Å². The predicted molar refractivity (Wildman–Crippen MR) is 67.9 cm³/mol. The molecular weight excluding hydrogens is 210 g/mol. The number of aromatic nitrogens is 1. The lowest BCUT2D eigenvalue weighted by Gasteiger charge is -2.09. The molecule has 0 saturated carbocycles. The molecule has 1 aliphatic carbocycles. The van der Waals surface area contributed by atoms with Crippen molar-refractivity contribution < 1.29 is 5.11 Å². The van der Waals surface area contributed by atoms with E-state index >= 15 is 0 Å². The van der Waals surface area contributed by atoms with E-state index in [4.69, 9.17) is 0 Å². The fraction of sp³-hybridized carbons (Fsp3) is 0.333. The molecule has 3 rings (SSSR count). The van der Waals surface area contributed by atoms with Crippen LogP contribution in [0.3, 0.4) is 0 Å². The summed E-state index contributed by atoms with van der Waals surface area (Å²) in [7, 11) is 0. The van der Waals surface area contributed by atoms with Crippen molar-refractivity contribution in [2.24, 2.45) is 0 Å². The van der Waals surface area contributed by atoms with Gasteiger partial charge in [0.2, 0.25) is 0 Å². The molecule has 1 N–H and O–H groups in total. The molecule has 17 heavy (non-hydrogen) atoms. The summed E-state index contributed by atoms with van der Waals surface area (Å²) in [4.78, 5) is 0. The summed E-state index contributed by atoms with van der Waals surface area (Å²) in [5, 5.41) is 9.22. The summed E-state index contributed by atoms with van der Waals surface area (Å²) in [6.45, 7) is 0.966. The third-order valence-electron chi connectivity index (χ3n) is 3.60. The molecule has 88 valence electrons. The molecule has 1 heterocycles. The van der Waals surface area contributed by atoms with E-state index in [2.05, 4.69) is 22.8 Å². The number of benzene rings is 1. The largest absolute Gasteiger partial charge is 0.390 e. The Kier molecular flexibility index (Phi) is 2.73. The average Bonchev–Trinajstić information content (AvgIpc) is 2.96. The molecule has 2 nitrogen and oxygen atoms in total. The highest BCUT2D eigenvalue weighted by molar-refractivity contribution is 5.35. The van der Waals surface area contributed by atoms with Crippen molar-refractivity contribution >= 4 is 0 Å². The molecule has 0 bridgehead atoms. The molecule has 2 heteroatoms. The maximum atomic E-state index is 9.22. The molecule has 0 fully saturated rings. The lowest BCUT2D eigenvalue weighted by atomic mass is 10.1. The smallest absolute Gasteiger partial charge is 0.0832 e. The zero-order valence-electron chi connectivity index (χ0n) is 9.89. The molecule has 1 aromatic carbocycles. The molecule has 2 aromatic rings. The zero-order valence-corrected chi connectivity index (χ0v) is 9.89. The number of aliphatic hydroxyl groups is 1. The van der Waals surface area contributed by atoms with Crippen LogP contribution < -0.4 is 0 Å². The van der Waals surface area contributed by atoms with Gasteiger partial charge in [-0.2, -0.15) is 0 Å². The topological polar surface area (TPSA) is 25.2 Å². The zero-order chi connectivity index (χ0) is 11.7. The van der Waals surface area contributed by atoms with Crippen LogP contribution in [0.25, 0.3) is 0 Å². The van der Waals surface area contributed by atoms with Gasteiger partial charge in [0.05, 0.1) is 6.61 Å². The maximum Gasteiger partial charge on any atom is 0.0832 e. The highest BCUT2D eigenvalue weighted by Crippen LogP contribution is 2.23. The van der Waals surface area contributed by atoms with Crippen LogP contribution in [0.4, 0.5) is 0 Å². The van der Waals surface area contributed by atoms with E-state index in [0.29, 0.717) is 0 Å². The number of hydrogen-bond acceptors (Lipinski definition) is 1. The third-order valence-corrected chi connectivity index (χ3v) is 3.60. The fourth-order valence-electron chi connectivity index (χ4n) is 2.67. The molecule has 0 unspecified atom stereocenters. The van der Waals surface area contributed by atoms with Crippen molar-refractivity contribution in [1.82, 2.24) is 4.57 Å². The molecule has 0 aliphatic heterocycles. The van der Waals surface area contributed by atoms with Crippen LogP contribution in [0, 0.1) is 0 Å². The molecule has 0 saturated heterocycles. The number of rotatable bonds is 3. The van der Waals surface area contributed by atoms with Gasteiger partial charge in [-0.15, -0.1) is 0 Å². The van der Waals surface area contributed by atoms with Gasteiger partial charge in [-0.3, -0.25) is 0 Å². The predicted octanol–water partition coefficient (Wildman–Crippen LogP) is 2.52. The van der Waals surface area contributed by atoms with Gasteiger partial charge in [0, 0.05) is 18.4 Å². The third kappa shape index (κ3) is 2.01. The Balaban J connectivity index is 1.86. The summed E-state index contributed by atoms with van der Waals surface area (Å²) in [5.41, 5.74) is 5.34. The maximum absolute atomic E-state index is 9.22. The normalized spacial score (nSPS) is 13.9. The Bertz CT molecular complexity index is 527. The first-order valence-electron chi connectivity index (χ1n) is 6.22. The van der Waals surface area contributed by atoms with E-state index in [1.807, 2.05) is 18.3 Å². The minimum Gasteiger partial charge on any atom is -0.390 e. The summed E-state index contributed by atoms with van der Waals surface area (Å²) < 4.78 is 2.11. The van der Waals surface area contributed by atoms with E-state index in [1.54, 1.807) is 0 Å². The first-order chi connectivity index (χ1) is 8.36. The van der Waals surface area contributed by atoms with E-state index in [0.717, 1.165) is 12.2 Å². The Morgan fingerprint density at radius 2 is 2.00 bits per heavy atom. The number of fused-ring (bicyclic) bond motifs is 1. The van der Waals surface area contributed by atoms with Gasteiger partial charge in [0.15, 0.2) is 0 Å². The molecule has 0 amide bonds. The molecule has 0 atom stereocenters. The number of hydrogen-bond donors (Lipinski definition) is 1. The lowest BCUT2D eigenvalue weighted by molar-refractivity contribution is 0.271. The van der Waals surface area contributed by atoms with E-state index in [1.165, 1.54) is 36.0 Å².